The maximum atomic E-state index is 12.3. The highest BCUT2D eigenvalue weighted by Gasteiger charge is 2.42. The van der Waals surface area contributed by atoms with Crippen molar-refractivity contribution in [3.63, 3.8) is 0 Å². The van der Waals surface area contributed by atoms with E-state index in [1.165, 1.54) is 0 Å². The highest BCUT2D eigenvalue weighted by Crippen LogP contribution is 2.35. The van der Waals surface area contributed by atoms with Gasteiger partial charge >= 0.3 is 0 Å². The minimum Gasteiger partial charge on any atom is -0.268 e. The molecule has 0 unspecified atom stereocenters. The number of carbonyl (C=O) groups is 1. The Balaban J connectivity index is 2.02. The zero-order valence-corrected chi connectivity index (χ0v) is 12.6. The minimum absolute atomic E-state index is 0.165. The molecule has 1 fully saturated rings. The van der Waals surface area contributed by atoms with E-state index in [0.717, 1.165) is 27.1 Å². The van der Waals surface area contributed by atoms with Crippen LogP contribution in [0.2, 0.25) is 0 Å². The van der Waals surface area contributed by atoms with Crippen molar-refractivity contribution in [1.29, 1.82) is 0 Å². The van der Waals surface area contributed by atoms with Gasteiger partial charge < -0.3 is 0 Å². The van der Waals surface area contributed by atoms with Crippen molar-refractivity contribution in [1.82, 2.24) is 4.31 Å². The molecular weight excluding hydrogens is 365 g/mol. The summed E-state index contributed by atoms with van der Waals surface area (Å²) in [5, 5.41) is 0. The molecule has 1 aromatic rings. The highest BCUT2D eigenvalue weighted by atomic mass is 127. The quantitative estimate of drug-likeness (QED) is 0.743. The summed E-state index contributed by atoms with van der Waals surface area (Å²) >= 11 is 2.05. The van der Waals surface area contributed by atoms with Crippen molar-refractivity contribution in [3.8, 4) is 0 Å². The fourth-order valence-electron chi connectivity index (χ4n) is 2.34. The van der Waals surface area contributed by atoms with Crippen LogP contribution in [0, 0.1) is 9.49 Å². The van der Waals surface area contributed by atoms with Gasteiger partial charge in [0.15, 0.2) is 0 Å². The molecule has 4 nitrogen and oxygen atoms in total. The predicted molar refractivity (Wildman–Crippen MR) is 74.7 cm³/mol. The summed E-state index contributed by atoms with van der Waals surface area (Å²) in [4.78, 5) is 12.3. The van der Waals surface area contributed by atoms with Crippen LogP contribution >= 0.6 is 22.6 Å². The largest absolute Gasteiger partial charge is 0.269 e. The predicted octanol–water partition coefficient (Wildman–Crippen LogP) is 2.24. The second-order valence-corrected chi connectivity index (χ2v) is 7.86. The molecule has 0 spiro atoms. The van der Waals surface area contributed by atoms with Crippen LogP contribution in [0.3, 0.4) is 0 Å². The van der Waals surface area contributed by atoms with Crippen molar-refractivity contribution < 1.29 is 13.2 Å². The number of nitrogens with zero attached hydrogens (tertiary/aromatic N) is 1. The van der Waals surface area contributed by atoms with E-state index in [1.807, 2.05) is 0 Å². The van der Waals surface area contributed by atoms with Gasteiger partial charge in [-0.25, -0.2) is 12.7 Å². The van der Waals surface area contributed by atoms with Crippen LogP contribution in [0.25, 0.3) is 0 Å². The van der Waals surface area contributed by atoms with Crippen molar-refractivity contribution in [2.75, 3.05) is 6.54 Å². The molecule has 0 radical (unpaired) electrons. The first kappa shape index (κ1) is 12.4. The van der Waals surface area contributed by atoms with Crippen LogP contribution in [-0.2, 0) is 10.0 Å². The average Bonchev–Trinajstić information content (AvgIpc) is 2.43. The first-order chi connectivity index (χ1) is 8.50. The third-order valence-corrected chi connectivity index (χ3v) is 6.08. The summed E-state index contributed by atoms with van der Waals surface area (Å²) in [5.41, 5.74) is 0.315. The zero-order valence-electron chi connectivity index (χ0n) is 9.60. The molecule has 1 saturated carbocycles. The van der Waals surface area contributed by atoms with Crippen molar-refractivity contribution in [2.24, 2.45) is 5.92 Å². The van der Waals surface area contributed by atoms with Gasteiger partial charge in [0.05, 0.1) is 5.56 Å². The second kappa shape index (κ2) is 4.19. The molecule has 1 heterocycles. The number of sulfonamides is 1. The van der Waals surface area contributed by atoms with Gasteiger partial charge in [0, 0.05) is 10.1 Å². The Kier molecular flexibility index (Phi) is 2.89. The van der Waals surface area contributed by atoms with Crippen molar-refractivity contribution >= 4 is 38.5 Å². The summed E-state index contributed by atoms with van der Waals surface area (Å²) in [7, 11) is -3.61. The van der Waals surface area contributed by atoms with Crippen molar-refractivity contribution in [2.45, 2.75) is 24.2 Å². The Morgan fingerprint density at radius 3 is 2.67 bits per heavy atom. The Hall–Kier alpha value is -0.630. The average molecular weight is 377 g/mol. The summed E-state index contributed by atoms with van der Waals surface area (Å²) in [5.74, 6) is -0.0228. The molecule has 1 aromatic carbocycles. The number of rotatable bonds is 2. The Labute approximate surface area is 120 Å². The van der Waals surface area contributed by atoms with E-state index >= 15 is 0 Å². The smallest absolute Gasteiger partial charge is 0.268 e. The SMILES string of the molecule is O=C1c2ccc(I)cc2S(=O)(=O)N1CC1CCC1. The monoisotopic (exact) mass is 377 g/mol. The molecule has 0 atom stereocenters. The van der Waals surface area contributed by atoms with E-state index in [0.29, 0.717) is 18.0 Å². The molecule has 18 heavy (non-hydrogen) atoms. The molecule has 0 bridgehead atoms. The van der Waals surface area contributed by atoms with Crippen LogP contribution in [-0.4, -0.2) is 25.2 Å². The van der Waals surface area contributed by atoms with Gasteiger partial charge in [-0.1, -0.05) is 6.42 Å². The Morgan fingerprint density at radius 2 is 2.06 bits per heavy atom. The molecule has 6 heteroatoms. The maximum Gasteiger partial charge on any atom is 0.269 e. The van der Waals surface area contributed by atoms with Gasteiger partial charge in [-0.05, 0) is 59.5 Å². The summed E-state index contributed by atoms with van der Waals surface area (Å²) in [6, 6.07) is 4.95. The number of fused-ring (bicyclic) bond motifs is 1. The van der Waals surface area contributed by atoms with Crippen LogP contribution in [0.15, 0.2) is 23.1 Å². The third kappa shape index (κ3) is 1.77. The first-order valence-corrected chi connectivity index (χ1v) is 8.38. The molecular formula is C12H12INO3S. The maximum absolute atomic E-state index is 12.3. The summed E-state index contributed by atoms with van der Waals surface area (Å²) < 4.78 is 26.5. The topological polar surface area (TPSA) is 54.5 Å². The standard InChI is InChI=1S/C12H12INO3S/c13-9-4-5-10-11(6-9)18(16,17)14(12(10)15)7-8-2-1-3-8/h4-6,8H,1-3,7H2. The van der Waals surface area contributed by atoms with E-state index in [1.54, 1.807) is 18.2 Å². The Morgan fingerprint density at radius 1 is 1.33 bits per heavy atom. The van der Waals surface area contributed by atoms with Gasteiger partial charge in [-0.3, -0.25) is 4.79 Å². The zero-order chi connectivity index (χ0) is 12.9. The highest BCUT2D eigenvalue weighted by molar-refractivity contribution is 14.1. The van der Waals surface area contributed by atoms with E-state index < -0.39 is 10.0 Å². The molecule has 1 aliphatic carbocycles. The Bertz CT molecular complexity index is 622. The fourth-order valence-corrected chi connectivity index (χ4v) is 4.71. The lowest BCUT2D eigenvalue weighted by Gasteiger charge is -2.29. The van der Waals surface area contributed by atoms with Gasteiger partial charge in [0.2, 0.25) is 0 Å². The molecule has 1 aliphatic heterocycles. The molecule has 2 aliphatic rings. The van der Waals surface area contributed by atoms with E-state index in [9.17, 15) is 13.2 Å². The van der Waals surface area contributed by atoms with E-state index in [4.69, 9.17) is 0 Å². The van der Waals surface area contributed by atoms with Crippen LogP contribution in [0.1, 0.15) is 29.6 Å². The van der Waals surface area contributed by atoms with Gasteiger partial charge in [0.25, 0.3) is 15.9 Å². The molecule has 3 rings (SSSR count). The van der Waals surface area contributed by atoms with E-state index in [-0.39, 0.29) is 10.8 Å². The fraction of sp³-hybridized carbons (Fsp3) is 0.417. The van der Waals surface area contributed by atoms with Crippen molar-refractivity contribution in [3.05, 3.63) is 27.3 Å². The molecule has 0 aromatic heterocycles. The molecule has 0 saturated heterocycles. The molecule has 0 N–H and O–H groups in total. The first-order valence-electron chi connectivity index (χ1n) is 5.87. The number of hydrogen-bond acceptors (Lipinski definition) is 3. The number of benzene rings is 1. The van der Waals surface area contributed by atoms with Gasteiger partial charge in [-0.2, -0.15) is 0 Å². The molecule has 96 valence electrons. The minimum atomic E-state index is -3.61. The number of carbonyl (C=O) groups excluding carboxylic acids is 1. The van der Waals surface area contributed by atoms with Gasteiger partial charge in [-0.15, -0.1) is 0 Å². The number of halogens is 1. The van der Waals surface area contributed by atoms with Crippen LogP contribution < -0.4 is 0 Å². The lowest BCUT2D eigenvalue weighted by molar-refractivity contribution is 0.0839. The summed E-state index contributed by atoms with van der Waals surface area (Å²) in [6.45, 7) is 0.340. The molecule has 1 amide bonds. The van der Waals surface area contributed by atoms with Gasteiger partial charge in [0.1, 0.15) is 4.90 Å². The summed E-state index contributed by atoms with van der Waals surface area (Å²) in [6.07, 6.45) is 3.18. The normalized spacial score (nSPS) is 21.8. The lowest BCUT2D eigenvalue weighted by Crippen LogP contribution is -2.36. The third-order valence-electron chi connectivity index (χ3n) is 3.62. The van der Waals surface area contributed by atoms with Crippen LogP contribution in [0.5, 0.6) is 0 Å². The number of hydrogen-bond donors (Lipinski definition) is 0. The lowest BCUT2D eigenvalue weighted by atomic mass is 9.85. The van der Waals surface area contributed by atoms with E-state index in [2.05, 4.69) is 22.6 Å². The van der Waals surface area contributed by atoms with Crippen LogP contribution in [0.4, 0.5) is 0 Å². The second-order valence-electron chi connectivity index (χ2n) is 4.78. The number of amides is 1.